The van der Waals surface area contributed by atoms with Crippen LogP contribution >= 0.6 is 0 Å². The number of aliphatic carboxylic acids is 1. The minimum absolute atomic E-state index is 0.0523. The van der Waals surface area contributed by atoms with E-state index in [9.17, 15) is 24.8 Å². The van der Waals surface area contributed by atoms with E-state index in [4.69, 9.17) is 0 Å². The molecule has 2 fully saturated rings. The molecule has 1 saturated carbocycles. The monoisotopic (exact) mass is 320 g/mol. The number of rotatable bonds is 3. The van der Waals surface area contributed by atoms with Gasteiger partial charge in [-0.1, -0.05) is 6.42 Å². The highest BCUT2D eigenvalue weighted by atomic mass is 16.6. The summed E-state index contributed by atoms with van der Waals surface area (Å²) >= 11 is 0. The van der Waals surface area contributed by atoms with E-state index in [1.54, 1.807) is 0 Å². The van der Waals surface area contributed by atoms with Crippen LogP contribution in [0.5, 0.6) is 0 Å². The van der Waals surface area contributed by atoms with E-state index in [0.717, 1.165) is 19.0 Å². The second-order valence-corrected chi connectivity index (χ2v) is 6.01. The zero-order valence-corrected chi connectivity index (χ0v) is 12.3. The maximum Gasteiger partial charge on any atom is 0.322 e. The van der Waals surface area contributed by atoms with Crippen LogP contribution in [0.15, 0.2) is 18.5 Å². The van der Waals surface area contributed by atoms with E-state index >= 15 is 0 Å². The van der Waals surface area contributed by atoms with Gasteiger partial charge >= 0.3 is 17.7 Å². The number of carbonyl (C=O) groups excluding carboxylic acids is 1. The number of amides is 2. The lowest BCUT2D eigenvalue weighted by atomic mass is 9.81. The van der Waals surface area contributed by atoms with Crippen molar-refractivity contribution >= 4 is 23.4 Å². The van der Waals surface area contributed by atoms with E-state index in [1.165, 1.54) is 17.2 Å². The number of hydrogen-bond donors (Lipinski definition) is 2. The number of anilines is 1. The van der Waals surface area contributed by atoms with E-state index in [0.29, 0.717) is 13.0 Å². The highest BCUT2D eigenvalue weighted by Gasteiger charge is 2.55. The van der Waals surface area contributed by atoms with Gasteiger partial charge < -0.3 is 15.3 Å². The number of hydrogen-bond acceptors (Lipinski definition) is 5. The van der Waals surface area contributed by atoms with Crippen molar-refractivity contribution in [3.05, 3.63) is 28.6 Å². The number of likely N-dealkylation sites (tertiary alicyclic amines) is 1. The van der Waals surface area contributed by atoms with Crippen LogP contribution in [0, 0.1) is 21.4 Å². The number of carbonyl (C=O) groups is 2. The number of nitro groups is 1. The Hall–Kier alpha value is -2.71. The van der Waals surface area contributed by atoms with E-state index in [-0.39, 0.29) is 23.8 Å². The molecule has 122 valence electrons. The Morgan fingerprint density at radius 1 is 1.52 bits per heavy atom. The molecule has 2 atom stereocenters. The van der Waals surface area contributed by atoms with E-state index < -0.39 is 22.3 Å². The second-order valence-electron chi connectivity index (χ2n) is 6.01. The minimum Gasteiger partial charge on any atom is -0.481 e. The molecule has 1 aliphatic heterocycles. The summed E-state index contributed by atoms with van der Waals surface area (Å²) in [6, 6.07) is 0.828. The first-order chi connectivity index (χ1) is 10.9. The summed E-state index contributed by atoms with van der Waals surface area (Å²) in [5, 5.41) is 23.0. The van der Waals surface area contributed by atoms with Crippen molar-refractivity contribution in [3.63, 3.8) is 0 Å². The Bertz CT molecular complexity index is 679. The van der Waals surface area contributed by atoms with Gasteiger partial charge in [0, 0.05) is 19.3 Å². The van der Waals surface area contributed by atoms with Crippen LogP contribution in [0.25, 0.3) is 0 Å². The number of carboxylic acids is 1. The minimum atomic E-state index is -0.873. The lowest BCUT2D eigenvalue weighted by molar-refractivity contribution is -0.384. The van der Waals surface area contributed by atoms with Gasteiger partial charge in [0.2, 0.25) is 0 Å². The number of fused-ring (bicyclic) bond motifs is 1. The fourth-order valence-corrected chi connectivity index (χ4v) is 3.63. The Morgan fingerprint density at radius 2 is 2.30 bits per heavy atom. The number of pyridine rings is 1. The van der Waals surface area contributed by atoms with E-state index in [2.05, 4.69) is 10.3 Å². The molecule has 0 unspecified atom stereocenters. The molecule has 1 aromatic rings. The molecule has 0 bridgehead atoms. The SMILES string of the molecule is O=C(Nc1ccncc1[N+](=O)[O-])N1C[C@@H]2CCC[C@@]2(C(=O)O)C1. The topological polar surface area (TPSA) is 126 Å². The van der Waals surface area contributed by atoms with Crippen LogP contribution in [-0.2, 0) is 4.79 Å². The van der Waals surface area contributed by atoms with Crippen molar-refractivity contribution < 1.29 is 19.6 Å². The smallest absolute Gasteiger partial charge is 0.322 e. The molecule has 2 heterocycles. The number of nitrogens with one attached hydrogen (secondary N) is 1. The maximum atomic E-state index is 12.4. The molecule has 2 aliphatic rings. The van der Waals surface area contributed by atoms with Gasteiger partial charge in [0.15, 0.2) is 0 Å². The molecule has 1 saturated heterocycles. The molecule has 1 aliphatic carbocycles. The average molecular weight is 320 g/mol. The van der Waals surface area contributed by atoms with Gasteiger partial charge in [-0.05, 0) is 24.8 Å². The van der Waals surface area contributed by atoms with Crippen molar-refractivity contribution in [3.8, 4) is 0 Å². The predicted molar refractivity (Wildman–Crippen MR) is 78.9 cm³/mol. The Morgan fingerprint density at radius 3 is 2.96 bits per heavy atom. The summed E-state index contributed by atoms with van der Waals surface area (Å²) in [6.45, 7) is 0.495. The standard InChI is InChI=1S/C14H16N4O5/c19-12(20)14-4-1-2-9(14)7-17(8-14)13(21)16-10-3-5-15-6-11(10)18(22)23/h3,5-6,9H,1-2,4,7-8H2,(H,19,20)(H,15,16,21)/t9-,14+/m0/s1. The van der Waals surface area contributed by atoms with Crippen LogP contribution in [-0.4, -0.2) is 45.0 Å². The lowest BCUT2D eigenvalue weighted by Gasteiger charge is -2.23. The average Bonchev–Trinajstić information content (AvgIpc) is 3.05. The van der Waals surface area contributed by atoms with Crippen molar-refractivity contribution in [1.82, 2.24) is 9.88 Å². The van der Waals surface area contributed by atoms with Crippen molar-refractivity contribution in [1.29, 1.82) is 0 Å². The molecule has 0 spiro atoms. The first kappa shape index (κ1) is 15.2. The molecule has 0 aromatic carbocycles. The van der Waals surface area contributed by atoms with Crippen LogP contribution in [0.4, 0.5) is 16.2 Å². The molecule has 2 N–H and O–H groups in total. The Balaban J connectivity index is 1.76. The normalized spacial score (nSPS) is 25.9. The molecule has 9 heteroatoms. The van der Waals surface area contributed by atoms with Crippen molar-refractivity contribution in [2.45, 2.75) is 19.3 Å². The Kier molecular flexibility index (Phi) is 3.63. The van der Waals surface area contributed by atoms with Gasteiger partial charge in [-0.15, -0.1) is 0 Å². The molecule has 2 amide bonds. The first-order valence-corrected chi connectivity index (χ1v) is 7.32. The van der Waals surface area contributed by atoms with Gasteiger partial charge in [-0.2, -0.15) is 0 Å². The second kappa shape index (κ2) is 5.49. The number of carboxylic acid groups (broad SMARTS) is 1. The molecule has 3 rings (SSSR count). The third kappa shape index (κ3) is 2.47. The zero-order valence-electron chi connectivity index (χ0n) is 12.3. The molecule has 23 heavy (non-hydrogen) atoms. The summed E-state index contributed by atoms with van der Waals surface area (Å²) < 4.78 is 0. The summed E-state index contributed by atoms with van der Waals surface area (Å²) in [5.74, 6) is -0.927. The fourth-order valence-electron chi connectivity index (χ4n) is 3.63. The molecular weight excluding hydrogens is 304 g/mol. The van der Waals surface area contributed by atoms with Crippen LogP contribution < -0.4 is 5.32 Å². The lowest BCUT2D eigenvalue weighted by Crippen LogP contribution is -2.38. The largest absolute Gasteiger partial charge is 0.481 e. The summed E-state index contributed by atoms with van der Waals surface area (Å²) in [4.78, 5) is 39.4. The van der Waals surface area contributed by atoms with Gasteiger partial charge in [0.25, 0.3) is 0 Å². The fraction of sp³-hybridized carbons (Fsp3) is 0.500. The highest BCUT2D eigenvalue weighted by Crippen LogP contribution is 2.49. The highest BCUT2D eigenvalue weighted by molar-refractivity contribution is 5.92. The van der Waals surface area contributed by atoms with Gasteiger partial charge in [0.1, 0.15) is 11.9 Å². The van der Waals surface area contributed by atoms with Crippen LogP contribution in [0.1, 0.15) is 19.3 Å². The van der Waals surface area contributed by atoms with Crippen molar-refractivity contribution in [2.24, 2.45) is 11.3 Å². The third-order valence-corrected chi connectivity index (χ3v) is 4.82. The summed E-state index contributed by atoms with van der Waals surface area (Å²) in [7, 11) is 0. The number of aromatic nitrogens is 1. The maximum absolute atomic E-state index is 12.4. The number of urea groups is 1. The molecule has 0 radical (unpaired) electrons. The van der Waals surface area contributed by atoms with Gasteiger partial charge in [-0.25, -0.2) is 4.79 Å². The van der Waals surface area contributed by atoms with Gasteiger partial charge in [-0.3, -0.25) is 19.9 Å². The van der Waals surface area contributed by atoms with E-state index in [1.807, 2.05) is 0 Å². The first-order valence-electron chi connectivity index (χ1n) is 7.32. The summed E-state index contributed by atoms with van der Waals surface area (Å²) in [6.07, 6.45) is 4.60. The van der Waals surface area contributed by atoms with Crippen LogP contribution in [0.2, 0.25) is 0 Å². The quantitative estimate of drug-likeness (QED) is 0.645. The predicted octanol–water partition coefficient (Wildman–Crippen LogP) is 1.71. The van der Waals surface area contributed by atoms with Crippen molar-refractivity contribution in [2.75, 3.05) is 18.4 Å². The molecule has 9 nitrogen and oxygen atoms in total. The Labute approximate surface area is 131 Å². The van der Waals surface area contributed by atoms with Crippen LogP contribution in [0.3, 0.4) is 0 Å². The third-order valence-electron chi connectivity index (χ3n) is 4.82. The molecule has 1 aromatic heterocycles. The summed E-state index contributed by atoms with van der Waals surface area (Å²) in [5.41, 5.74) is -1.12. The van der Waals surface area contributed by atoms with Gasteiger partial charge in [0.05, 0.1) is 10.3 Å². The molecular formula is C14H16N4O5. The number of nitrogens with zero attached hydrogens (tertiary/aromatic N) is 3. The zero-order chi connectivity index (χ0) is 16.6.